The van der Waals surface area contributed by atoms with Crippen LogP contribution in [0.15, 0.2) is 24.3 Å². The highest BCUT2D eigenvalue weighted by molar-refractivity contribution is 5.75. The Bertz CT molecular complexity index is 433. The smallest absolute Gasteiger partial charge is 0.255 e. The summed E-state index contributed by atoms with van der Waals surface area (Å²) in [4.78, 5) is 10.6. The molecule has 110 valence electrons. The number of hydrogen-bond acceptors (Lipinski definition) is 4. The Morgan fingerprint density at radius 2 is 2.10 bits per heavy atom. The van der Waals surface area contributed by atoms with Gasteiger partial charge in [-0.2, -0.15) is 0 Å². The standard InChI is InChI=1S/C15H22N2O3/c16-15(19)10-20-13-6-4-11(5-7-13)8-17-14-3-1-2-12(14)9-18/h4-7,12,14,17-18H,1-3,8-10H2,(H2,16,19). The number of carbonyl (C=O) groups is 1. The highest BCUT2D eigenvalue weighted by atomic mass is 16.5. The van der Waals surface area contributed by atoms with Crippen LogP contribution in [0.5, 0.6) is 5.75 Å². The van der Waals surface area contributed by atoms with Crippen LogP contribution in [0.3, 0.4) is 0 Å². The molecule has 1 saturated carbocycles. The summed E-state index contributed by atoms with van der Waals surface area (Å²) in [6.45, 7) is 0.937. The number of primary amides is 1. The van der Waals surface area contributed by atoms with Crippen LogP contribution in [0.1, 0.15) is 24.8 Å². The van der Waals surface area contributed by atoms with Crippen molar-refractivity contribution in [2.45, 2.75) is 31.8 Å². The number of aliphatic hydroxyl groups excluding tert-OH is 1. The fourth-order valence-corrected chi connectivity index (χ4v) is 2.63. The summed E-state index contributed by atoms with van der Waals surface area (Å²) in [6, 6.07) is 8.00. The van der Waals surface area contributed by atoms with Crippen LogP contribution in [-0.4, -0.2) is 30.3 Å². The van der Waals surface area contributed by atoms with E-state index in [9.17, 15) is 9.90 Å². The van der Waals surface area contributed by atoms with E-state index in [0.717, 1.165) is 24.9 Å². The van der Waals surface area contributed by atoms with Crippen molar-refractivity contribution in [2.75, 3.05) is 13.2 Å². The largest absolute Gasteiger partial charge is 0.484 e. The fraction of sp³-hybridized carbons (Fsp3) is 0.533. The molecule has 4 N–H and O–H groups in total. The number of nitrogens with one attached hydrogen (secondary N) is 1. The topological polar surface area (TPSA) is 84.6 Å². The molecule has 0 saturated heterocycles. The zero-order valence-electron chi connectivity index (χ0n) is 11.5. The summed E-state index contributed by atoms with van der Waals surface area (Å²) in [5.74, 6) is 0.543. The minimum atomic E-state index is -0.480. The molecule has 0 heterocycles. The van der Waals surface area contributed by atoms with Crippen molar-refractivity contribution in [1.82, 2.24) is 5.32 Å². The van der Waals surface area contributed by atoms with Gasteiger partial charge in [-0.3, -0.25) is 4.79 Å². The third-order valence-corrected chi connectivity index (χ3v) is 3.77. The van der Waals surface area contributed by atoms with Gasteiger partial charge in [0, 0.05) is 19.2 Å². The highest BCUT2D eigenvalue weighted by Gasteiger charge is 2.25. The molecule has 1 aliphatic carbocycles. The van der Waals surface area contributed by atoms with Gasteiger partial charge in [0.05, 0.1) is 0 Å². The molecule has 1 amide bonds. The lowest BCUT2D eigenvalue weighted by Crippen LogP contribution is -2.33. The SMILES string of the molecule is NC(=O)COc1ccc(CNC2CCCC2CO)cc1. The maximum Gasteiger partial charge on any atom is 0.255 e. The lowest BCUT2D eigenvalue weighted by molar-refractivity contribution is -0.119. The van der Waals surface area contributed by atoms with Crippen LogP contribution in [0, 0.1) is 5.92 Å². The Morgan fingerprint density at radius 3 is 2.75 bits per heavy atom. The van der Waals surface area contributed by atoms with Gasteiger partial charge in [-0.25, -0.2) is 0 Å². The van der Waals surface area contributed by atoms with E-state index in [4.69, 9.17) is 10.5 Å². The Labute approximate surface area is 119 Å². The Morgan fingerprint density at radius 1 is 1.35 bits per heavy atom. The maximum absolute atomic E-state index is 10.6. The van der Waals surface area contributed by atoms with Gasteiger partial charge in [0.1, 0.15) is 5.75 Å². The summed E-state index contributed by atoms with van der Waals surface area (Å²) in [6.07, 6.45) is 3.42. The van der Waals surface area contributed by atoms with E-state index in [-0.39, 0.29) is 13.2 Å². The van der Waals surface area contributed by atoms with Crippen molar-refractivity contribution in [3.8, 4) is 5.75 Å². The molecule has 0 aliphatic heterocycles. The predicted molar refractivity (Wildman–Crippen MR) is 76.2 cm³/mol. The quantitative estimate of drug-likeness (QED) is 0.689. The van der Waals surface area contributed by atoms with E-state index in [1.165, 1.54) is 6.42 Å². The first-order chi connectivity index (χ1) is 9.69. The first-order valence-corrected chi connectivity index (χ1v) is 7.03. The van der Waals surface area contributed by atoms with Gasteiger partial charge in [0.25, 0.3) is 5.91 Å². The van der Waals surface area contributed by atoms with Crippen molar-refractivity contribution in [2.24, 2.45) is 11.7 Å². The predicted octanol–water partition coefficient (Wildman–Crippen LogP) is 0.801. The van der Waals surface area contributed by atoms with Crippen LogP contribution in [0.25, 0.3) is 0 Å². The lowest BCUT2D eigenvalue weighted by Gasteiger charge is -2.19. The van der Waals surface area contributed by atoms with Gasteiger partial charge < -0.3 is 20.9 Å². The first kappa shape index (κ1) is 14.8. The number of nitrogens with two attached hydrogens (primary N) is 1. The van der Waals surface area contributed by atoms with Gasteiger partial charge in [-0.1, -0.05) is 18.6 Å². The molecule has 0 aromatic heterocycles. The molecule has 20 heavy (non-hydrogen) atoms. The summed E-state index contributed by atoms with van der Waals surface area (Å²) >= 11 is 0. The molecular formula is C15H22N2O3. The maximum atomic E-state index is 10.6. The average Bonchev–Trinajstić information content (AvgIpc) is 2.91. The molecule has 1 aromatic rings. The van der Waals surface area contributed by atoms with Crippen molar-refractivity contribution in [1.29, 1.82) is 0 Å². The number of carbonyl (C=O) groups excluding carboxylic acids is 1. The van der Waals surface area contributed by atoms with E-state index in [0.29, 0.717) is 17.7 Å². The van der Waals surface area contributed by atoms with Gasteiger partial charge >= 0.3 is 0 Å². The van der Waals surface area contributed by atoms with E-state index < -0.39 is 5.91 Å². The first-order valence-electron chi connectivity index (χ1n) is 7.03. The summed E-state index contributed by atoms with van der Waals surface area (Å²) in [5, 5.41) is 12.8. The number of rotatable bonds is 7. The third-order valence-electron chi connectivity index (χ3n) is 3.77. The molecular weight excluding hydrogens is 256 g/mol. The van der Waals surface area contributed by atoms with Gasteiger partial charge in [-0.05, 0) is 36.5 Å². The van der Waals surface area contributed by atoms with Crippen molar-refractivity contribution in [3.63, 3.8) is 0 Å². The van der Waals surface area contributed by atoms with Crippen LogP contribution in [-0.2, 0) is 11.3 Å². The zero-order chi connectivity index (χ0) is 14.4. The highest BCUT2D eigenvalue weighted by Crippen LogP contribution is 2.25. The van der Waals surface area contributed by atoms with E-state index in [1.807, 2.05) is 24.3 Å². The summed E-state index contributed by atoms with van der Waals surface area (Å²) in [5.41, 5.74) is 6.17. The van der Waals surface area contributed by atoms with Gasteiger partial charge in [-0.15, -0.1) is 0 Å². The zero-order valence-corrected chi connectivity index (χ0v) is 11.5. The summed E-state index contributed by atoms with van der Waals surface area (Å²) in [7, 11) is 0. The number of ether oxygens (including phenoxy) is 1. The van der Waals surface area contributed by atoms with Crippen molar-refractivity contribution >= 4 is 5.91 Å². The Hall–Kier alpha value is -1.59. The number of amides is 1. The molecule has 2 rings (SSSR count). The van der Waals surface area contributed by atoms with Crippen molar-refractivity contribution in [3.05, 3.63) is 29.8 Å². The number of hydrogen-bond donors (Lipinski definition) is 3. The third kappa shape index (κ3) is 4.21. The minimum absolute atomic E-state index is 0.0994. The molecule has 2 unspecified atom stereocenters. The molecule has 1 aliphatic rings. The second-order valence-corrected chi connectivity index (χ2v) is 5.26. The van der Waals surface area contributed by atoms with Crippen molar-refractivity contribution < 1.29 is 14.6 Å². The van der Waals surface area contributed by atoms with Crippen LogP contribution >= 0.6 is 0 Å². The monoisotopic (exact) mass is 278 g/mol. The normalized spacial score (nSPS) is 21.9. The molecule has 1 fully saturated rings. The molecule has 0 radical (unpaired) electrons. The molecule has 1 aromatic carbocycles. The number of aliphatic hydroxyl groups is 1. The number of benzene rings is 1. The van der Waals surface area contributed by atoms with Crippen LogP contribution in [0.4, 0.5) is 0 Å². The second-order valence-electron chi connectivity index (χ2n) is 5.26. The Kier molecular flexibility index (Phi) is 5.38. The van der Waals surface area contributed by atoms with E-state index >= 15 is 0 Å². The molecule has 0 spiro atoms. The lowest BCUT2D eigenvalue weighted by atomic mass is 10.0. The van der Waals surface area contributed by atoms with E-state index in [2.05, 4.69) is 5.32 Å². The molecule has 5 heteroatoms. The van der Waals surface area contributed by atoms with Gasteiger partial charge in [0.15, 0.2) is 6.61 Å². The van der Waals surface area contributed by atoms with Crippen LogP contribution < -0.4 is 15.8 Å². The van der Waals surface area contributed by atoms with Crippen LogP contribution in [0.2, 0.25) is 0 Å². The van der Waals surface area contributed by atoms with Gasteiger partial charge in [0.2, 0.25) is 0 Å². The average molecular weight is 278 g/mol. The molecule has 5 nitrogen and oxygen atoms in total. The second kappa shape index (κ2) is 7.26. The summed E-state index contributed by atoms with van der Waals surface area (Å²) < 4.78 is 5.21. The minimum Gasteiger partial charge on any atom is -0.484 e. The fourth-order valence-electron chi connectivity index (χ4n) is 2.63. The van der Waals surface area contributed by atoms with E-state index in [1.54, 1.807) is 0 Å². The Balaban J connectivity index is 1.80. The molecule has 2 atom stereocenters. The molecule has 0 bridgehead atoms.